The van der Waals surface area contributed by atoms with E-state index in [0.717, 1.165) is 31.7 Å². The minimum Gasteiger partial charge on any atom is -0.383 e. The van der Waals surface area contributed by atoms with Gasteiger partial charge in [-0.2, -0.15) is 0 Å². The molecule has 1 aromatic rings. The van der Waals surface area contributed by atoms with Gasteiger partial charge in [0.25, 0.3) is 0 Å². The molecule has 0 fully saturated rings. The highest BCUT2D eigenvalue weighted by Crippen LogP contribution is 2.18. The minimum atomic E-state index is -1.17. The lowest BCUT2D eigenvalue weighted by Gasteiger charge is -2.07. The maximum atomic E-state index is 13.2. The molecule has 1 rings (SSSR count). The van der Waals surface area contributed by atoms with E-state index in [4.69, 9.17) is 0 Å². The highest BCUT2D eigenvalue weighted by molar-refractivity contribution is 5.45. The molecule has 0 aliphatic carbocycles. The molecule has 0 saturated carbocycles. The van der Waals surface area contributed by atoms with Crippen LogP contribution in [0.2, 0.25) is 0 Å². The lowest BCUT2D eigenvalue weighted by molar-refractivity contribution is 0.496. The number of benzene rings is 1. The summed E-state index contributed by atoms with van der Waals surface area (Å²) in [5.74, 6) is -2.98. The molecule has 0 amide bonds. The summed E-state index contributed by atoms with van der Waals surface area (Å²) in [6, 6.07) is 1.39. The molecule has 1 nitrogen and oxygen atoms in total. The van der Waals surface area contributed by atoms with Gasteiger partial charge in [-0.05, 0) is 19.3 Å². The molecule has 0 saturated heterocycles. The van der Waals surface area contributed by atoms with Crippen molar-refractivity contribution in [3.63, 3.8) is 0 Å². The summed E-state index contributed by atoms with van der Waals surface area (Å²) in [6.45, 7) is 4.15. The largest absolute Gasteiger partial charge is 0.383 e. The van der Waals surface area contributed by atoms with Gasteiger partial charge in [0, 0.05) is 18.7 Å². The third kappa shape index (κ3) is 4.51. The average Bonchev–Trinajstić information content (AvgIpc) is 2.30. The van der Waals surface area contributed by atoms with Crippen molar-refractivity contribution in [1.82, 2.24) is 0 Å². The van der Waals surface area contributed by atoms with Crippen molar-refractivity contribution >= 4 is 5.69 Å². The van der Waals surface area contributed by atoms with Crippen molar-refractivity contribution < 1.29 is 13.2 Å². The second-order valence-electron chi connectivity index (χ2n) is 3.81. The molecule has 0 aliphatic rings. The normalized spacial score (nSPS) is 10.3. The summed E-state index contributed by atoms with van der Waals surface area (Å²) >= 11 is 0. The van der Waals surface area contributed by atoms with E-state index >= 15 is 0 Å². The molecular formula is C13H16F3N. The number of halogens is 3. The predicted molar refractivity (Wildman–Crippen MR) is 63.5 cm³/mol. The zero-order valence-electron chi connectivity index (χ0n) is 9.61. The molecule has 4 heteroatoms. The van der Waals surface area contributed by atoms with Gasteiger partial charge in [-0.25, -0.2) is 13.2 Å². The second-order valence-corrected chi connectivity index (χ2v) is 3.81. The summed E-state index contributed by atoms with van der Waals surface area (Å²) in [7, 11) is 0. The highest BCUT2D eigenvalue weighted by Gasteiger charge is 2.08. The fourth-order valence-electron chi connectivity index (χ4n) is 1.47. The Kier molecular flexibility index (Phi) is 5.60. The molecule has 0 unspecified atom stereocenters. The molecule has 0 atom stereocenters. The standard InChI is InChI=1S/C13H16F3N/c1-2-3-4-5-6-7-17-13-9-11(15)10(14)8-12(13)16/h2,8-9,17H,1,3-7H2. The smallest absolute Gasteiger partial charge is 0.161 e. The van der Waals surface area contributed by atoms with Gasteiger partial charge in [-0.3, -0.25) is 0 Å². The van der Waals surface area contributed by atoms with Crippen molar-refractivity contribution in [2.24, 2.45) is 0 Å². The quantitative estimate of drug-likeness (QED) is 0.428. The molecule has 94 valence electrons. The maximum absolute atomic E-state index is 13.2. The number of nitrogens with one attached hydrogen (secondary N) is 1. The molecule has 1 N–H and O–H groups in total. The Morgan fingerprint density at radius 2 is 1.71 bits per heavy atom. The Balaban J connectivity index is 2.36. The summed E-state index contributed by atoms with van der Waals surface area (Å²) < 4.78 is 38.7. The Morgan fingerprint density at radius 1 is 1.00 bits per heavy atom. The van der Waals surface area contributed by atoms with E-state index in [1.165, 1.54) is 0 Å². The van der Waals surface area contributed by atoms with Crippen molar-refractivity contribution in [3.8, 4) is 0 Å². The number of rotatable bonds is 7. The number of hydrogen-bond acceptors (Lipinski definition) is 1. The van der Waals surface area contributed by atoms with E-state index in [0.29, 0.717) is 12.6 Å². The van der Waals surface area contributed by atoms with Gasteiger partial charge in [0.15, 0.2) is 11.6 Å². The van der Waals surface area contributed by atoms with Gasteiger partial charge < -0.3 is 5.32 Å². The van der Waals surface area contributed by atoms with Crippen molar-refractivity contribution in [3.05, 3.63) is 42.2 Å². The van der Waals surface area contributed by atoms with Gasteiger partial charge in [0.1, 0.15) is 5.82 Å². The number of allylic oxidation sites excluding steroid dienone is 1. The second kappa shape index (κ2) is 6.99. The van der Waals surface area contributed by atoms with E-state index in [-0.39, 0.29) is 5.69 Å². The van der Waals surface area contributed by atoms with E-state index in [1.807, 2.05) is 6.08 Å². The van der Waals surface area contributed by atoms with Crippen molar-refractivity contribution in [2.45, 2.75) is 25.7 Å². The molecule has 0 heterocycles. The van der Waals surface area contributed by atoms with Crippen LogP contribution in [0.5, 0.6) is 0 Å². The zero-order chi connectivity index (χ0) is 12.7. The Bertz CT molecular complexity index is 377. The number of hydrogen-bond donors (Lipinski definition) is 1. The van der Waals surface area contributed by atoms with Crippen LogP contribution in [0.15, 0.2) is 24.8 Å². The summed E-state index contributed by atoms with van der Waals surface area (Å²) in [4.78, 5) is 0. The maximum Gasteiger partial charge on any atom is 0.161 e. The van der Waals surface area contributed by atoms with Crippen LogP contribution in [0.25, 0.3) is 0 Å². The van der Waals surface area contributed by atoms with Crippen LogP contribution >= 0.6 is 0 Å². The third-order valence-corrected chi connectivity index (χ3v) is 2.41. The molecule has 17 heavy (non-hydrogen) atoms. The SMILES string of the molecule is C=CCCCCCNc1cc(F)c(F)cc1F. The first kappa shape index (κ1) is 13.6. The number of unbranched alkanes of at least 4 members (excludes halogenated alkanes) is 3. The lowest BCUT2D eigenvalue weighted by atomic mass is 10.2. The fraction of sp³-hybridized carbons (Fsp3) is 0.385. The van der Waals surface area contributed by atoms with Crippen LogP contribution in [0.3, 0.4) is 0 Å². The molecule has 1 aromatic carbocycles. The van der Waals surface area contributed by atoms with E-state index in [1.54, 1.807) is 0 Å². The first-order valence-electron chi connectivity index (χ1n) is 5.64. The molecule has 0 spiro atoms. The molecule has 0 aliphatic heterocycles. The first-order valence-corrected chi connectivity index (χ1v) is 5.64. The van der Waals surface area contributed by atoms with E-state index in [9.17, 15) is 13.2 Å². The Labute approximate surface area is 99.3 Å². The molecule has 0 aromatic heterocycles. The van der Waals surface area contributed by atoms with Crippen LogP contribution in [0.1, 0.15) is 25.7 Å². The first-order chi connectivity index (χ1) is 8.15. The third-order valence-electron chi connectivity index (χ3n) is 2.41. The molecule has 0 bridgehead atoms. The monoisotopic (exact) mass is 243 g/mol. The zero-order valence-corrected chi connectivity index (χ0v) is 9.61. The van der Waals surface area contributed by atoms with Crippen LogP contribution < -0.4 is 5.32 Å². The summed E-state index contributed by atoms with van der Waals surface area (Å²) in [5.41, 5.74) is 0.00706. The lowest BCUT2D eigenvalue weighted by Crippen LogP contribution is -2.04. The van der Waals surface area contributed by atoms with Crippen LogP contribution in [0.4, 0.5) is 18.9 Å². The Hall–Kier alpha value is -1.45. The Morgan fingerprint density at radius 3 is 2.41 bits per heavy atom. The fourth-order valence-corrected chi connectivity index (χ4v) is 1.47. The van der Waals surface area contributed by atoms with Gasteiger partial charge in [0.05, 0.1) is 5.69 Å². The van der Waals surface area contributed by atoms with Crippen LogP contribution in [-0.4, -0.2) is 6.54 Å². The summed E-state index contributed by atoms with van der Waals surface area (Å²) in [5, 5.41) is 2.75. The van der Waals surface area contributed by atoms with Gasteiger partial charge in [0.2, 0.25) is 0 Å². The average molecular weight is 243 g/mol. The minimum absolute atomic E-state index is 0.00706. The predicted octanol–water partition coefficient (Wildman–Crippen LogP) is 4.26. The molecule has 0 radical (unpaired) electrons. The van der Waals surface area contributed by atoms with Crippen LogP contribution in [0, 0.1) is 17.5 Å². The van der Waals surface area contributed by atoms with E-state index < -0.39 is 17.5 Å². The highest BCUT2D eigenvalue weighted by atomic mass is 19.2. The van der Waals surface area contributed by atoms with Gasteiger partial charge >= 0.3 is 0 Å². The molecular weight excluding hydrogens is 227 g/mol. The number of anilines is 1. The van der Waals surface area contributed by atoms with Crippen molar-refractivity contribution in [2.75, 3.05) is 11.9 Å². The van der Waals surface area contributed by atoms with Gasteiger partial charge in [-0.15, -0.1) is 6.58 Å². The van der Waals surface area contributed by atoms with Crippen LogP contribution in [-0.2, 0) is 0 Å². The van der Waals surface area contributed by atoms with Crippen molar-refractivity contribution in [1.29, 1.82) is 0 Å². The topological polar surface area (TPSA) is 12.0 Å². The summed E-state index contributed by atoms with van der Waals surface area (Å²) in [6.07, 6.45) is 5.68. The van der Waals surface area contributed by atoms with Gasteiger partial charge in [-0.1, -0.05) is 12.5 Å². The van der Waals surface area contributed by atoms with E-state index in [2.05, 4.69) is 11.9 Å².